The maximum atomic E-state index is 10.6. The molecule has 2 N–H and O–H groups in total. The van der Waals surface area contributed by atoms with E-state index in [0.29, 0.717) is 12.6 Å². The first-order valence-corrected chi connectivity index (χ1v) is 6.71. The lowest BCUT2D eigenvalue weighted by Gasteiger charge is -2.13. The highest BCUT2D eigenvalue weighted by atomic mass is 79.9. The summed E-state index contributed by atoms with van der Waals surface area (Å²) >= 11 is 3.39. The Hall–Kier alpha value is -1.76. The van der Waals surface area contributed by atoms with E-state index in [0.717, 1.165) is 28.5 Å². The third-order valence-electron chi connectivity index (χ3n) is 3.12. The molecule has 0 saturated carbocycles. The number of halogens is 1. The van der Waals surface area contributed by atoms with Crippen LogP contribution in [0.5, 0.6) is 0 Å². The molecule has 1 aromatic carbocycles. The van der Waals surface area contributed by atoms with Crippen molar-refractivity contribution in [1.82, 2.24) is 10.3 Å². The van der Waals surface area contributed by atoms with Gasteiger partial charge in [-0.05, 0) is 24.6 Å². The Morgan fingerprint density at radius 3 is 3.21 bits per heavy atom. The van der Waals surface area contributed by atoms with Crippen molar-refractivity contribution in [2.24, 2.45) is 0 Å². The lowest BCUT2D eigenvalue weighted by Crippen LogP contribution is -2.36. The normalized spacial score (nSPS) is 19.0. The number of oxazole rings is 1. The quantitative estimate of drug-likeness (QED) is 0.886. The molecule has 0 bridgehead atoms. The Morgan fingerprint density at radius 2 is 2.42 bits per heavy atom. The summed E-state index contributed by atoms with van der Waals surface area (Å²) in [5, 5.41) is 11.2. The summed E-state index contributed by atoms with van der Waals surface area (Å²) in [4.78, 5) is 17.0. The second-order valence-corrected chi connectivity index (χ2v) is 5.41. The van der Waals surface area contributed by atoms with Crippen molar-refractivity contribution in [1.29, 1.82) is 0 Å². The monoisotopic (exact) mass is 325 g/mol. The molecule has 1 saturated heterocycles. The first kappa shape index (κ1) is 12.3. The molecule has 3 rings (SSSR count). The minimum atomic E-state index is -0.992. The molecule has 1 amide bonds. The van der Waals surface area contributed by atoms with Gasteiger partial charge in [0.15, 0.2) is 5.58 Å². The van der Waals surface area contributed by atoms with Crippen molar-refractivity contribution in [3.63, 3.8) is 0 Å². The molecule has 6 nitrogen and oxygen atoms in total. The van der Waals surface area contributed by atoms with Gasteiger partial charge in [-0.3, -0.25) is 0 Å². The Balaban J connectivity index is 1.79. The van der Waals surface area contributed by atoms with Crippen molar-refractivity contribution >= 4 is 39.1 Å². The van der Waals surface area contributed by atoms with Crippen LogP contribution in [0.25, 0.3) is 11.1 Å². The van der Waals surface area contributed by atoms with Crippen molar-refractivity contribution in [2.75, 3.05) is 18.0 Å². The fourth-order valence-electron chi connectivity index (χ4n) is 2.25. The van der Waals surface area contributed by atoms with E-state index < -0.39 is 6.09 Å². The molecule has 100 valence electrons. The number of benzene rings is 1. The van der Waals surface area contributed by atoms with E-state index in [1.165, 1.54) is 0 Å². The maximum absolute atomic E-state index is 10.6. The molecule has 1 fully saturated rings. The molecule has 0 spiro atoms. The summed E-state index contributed by atoms with van der Waals surface area (Å²) in [7, 11) is 0. The Morgan fingerprint density at radius 1 is 1.58 bits per heavy atom. The van der Waals surface area contributed by atoms with Crippen molar-refractivity contribution in [3.05, 3.63) is 22.7 Å². The molecular formula is C12H12BrN3O3. The zero-order valence-electron chi connectivity index (χ0n) is 9.97. The highest BCUT2D eigenvalue weighted by Gasteiger charge is 2.26. The summed E-state index contributed by atoms with van der Waals surface area (Å²) in [6, 6.07) is 6.13. The lowest BCUT2D eigenvalue weighted by atomic mass is 10.3. The number of anilines is 1. The van der Waals surface area contributed by atoms with Crippen molar-refractivity contribution in [2.45, 2.75) is 12.5 Å². The van der Waals surface area contributed by atoms with Crippen LogP contribution < -0.4 is 10.2 Å². The van der Waals surface area contributed by atoms with Crippen LogP contribution in [0, 0.1) is 0 Å². The molecule has 1 unspecified atom stereocenters. The molecule has 2 aromatic rings. The number of rotatable bonds is 2. The van der Waals surface area contributed by atoms with Crippen LogP contribution in [-0.2, 0) is 0 Å². The SMILES string of the molecule is O=C(O)NC1CCN(c2nc3cc(Br)ccc3o2)C1. The summed E-state index contributed by atoms with van der Waals surface area (Å²) in [5.41, 5.74) is 1.52. The molecule has 1 atom stereocenters. The van der Waals surface area contributed by atoms with Crippen LogP contribution in [0.15, 0.2) is 27.1 Å². The Kier molecular flexibility index (Phi) is 3.06. The number of amides is 1. The fraction of sp³-hybridized carbons (Fsp3) is 0.333. The van der Waals surface area contributed by atoms with E-state index >= 15 is 0 Å². The Labute approximate surface area is 117 Å². The maximum Gasteiger partial charge on any atom is 0.404 e. The van der Waals surface area contributed by atoms with E-state index in [-0.39, 0.29) is 6.04 Å². The predicted molar refractivity (Wildman–Crippen MR) is 73.5 cm³/mol. The third kappa shape index (κ3) is 2.51. The average Bonchev–Trinajstić information content (AvgIpc) is 2.93. The molecule has 2 heterocycles. The van der Waals surface area contributed by atoms with Crippen LogP contribution in [0.3, 0.4) is 0 Å². The zero-order chi connectivity index (χ0) is 13.4. The lowest BCUT2D eigenvalue weighted by molar-refractivity contribution is 0.191. The highest BCUT2D eigenvalue weighted by molar-refractivity contribution is 9.10. The van der Waals surface area contributed by atoms with Gasteiger partial charge in [0.05, 0.1) is 6.04 Å². The first-order valence-electron chi connectivity index (χ1n) is 5.92. The van der Waals surface area contributed by atoms with Crippen LogP contribution in [0.2, 0.25) is 0 Å². The Bertz CT molecular complexity index is 628. The zero-order valence-corrected chi connectivity index (χ0v) is 11.6. The topological polar surface area (TPSA) is 78.6 Å². The van der Waals surface area contributed by atoms with Crippen LogP contribution in [0.4, 0.5) is 10.8 Å². The number of nitrogens with zero attached hydrogens (tertiary/aromatic N) is 2. The number of hydrogen-bond donors (Lipinski definition) is 2. The first-order chi connectivity index (χ1) is 9.11. The number of fused-ring (bicyclic) bond motifs is 1. The summed E-state index contributed by atoms with van der Waals surface area (Å²) in [6.45, 7) is 1.32. The molecular weight excluding hydrogens is 314 g/mol. The molecule has 1 aliphatic rings. The van der Waals surface area contributed by atoms with E-state index in [1.807, 2.05) is 23.1 Å². The van der Waals surface area contributed by atoms with Crippen molar-refractivity contribution in [3.8, 4) is 0 Å². The van der Waals surface area contributed by atoms with Gasteiger partial charge in [0.2, 0.25) is 0 Å². The van der Waals surface area contributed by atoms with Gasteiger partial charge in [0, 0.05) is 17.6 Å². The van der Waals surface area contributed by atoms with Gasteiger partial charge < -0.3 is 19.7 Å². The molecule has 0 radical (unpaired) electrons. The minimum absolute atomic E-state index is 0.0701. The van der Waals surface area contributed by atoms with Gasteiger partial charge >= 0.3 is 6.09 Å². The predicted octanol–water partition coefficient (Wildman–Crippen LogP) is 2.44. The minimum Gasteiger partial charge on any atom is -0.465 e. The summed E-state index contributed by atoms with van der Waals surface area (Å²) in [5.74, 6) is 0. The second kappa shape index (κ2) is 4.73. The fourth-order valence-corrected chi connectivity index (χ4v) is 2.60. The van der Waals surface area contributed by atoms with E-state index in [2.05, 4.69) is 26.2 Å². The number of aromatic nitrogens is 1. The largest absolute Gasteiger partial charge is 0.465 e. The second-order valence-electron chi connectivity index (χ2n) is 4.49. The standard InChI is InChI=1S/C12H12BrN3O3/c13-7-1-2-10-9(5-7)15-11(19-10)16-4-3-8(6-16)14-12(17)18/h1-2,5,8,14H,3-4,6H2,(H,17,18). The van der Waals surface area contributed by atoms with Crippen LogP contribution in [0.1, 0.15) is 6.42 Å². The van der Waals surface area contributed by atoms with Crippen molar-refractivity contribution < 1.29 is 14.3 Å². The molecule has 7 heteroatoms. The van der Waals surface area contributed by atoms with Gasteiger partial charge in [0.25, 0.3) is 6.01 Å². The molecule has 1 aromatic heterocycles. The molecule has 1 aliphatic heterocycles. The number of carboxylic acid groups (broad SMARTS) is 1. The number of carbonyl (C=O) groups is 1. The average molecular weight is 326 g/mol. The third-order valence-corrected chi connectivity index (χ3v) is 3.62. The number of nitrogens with one attached hydrogen (secondary N) is 1. The smallest absolute Gasteiger partial charge is 0.404 e. The number of hydrogen-bond acceptors (Lipinski definition) is 4. The van der Waals surface area contributed by atoms with Gasteiger partial charge in [-0.25, -0.2) is 4.79 Å². The molecule has 19 heavy (non-hydrogen) atoms. The van der Waals surface area contributed by atoms with Gasteiger partial charge in [-0.1, -0.05) is 15.9 Å². The van der Waals surface area contributed by atoms with Gasteiger partial charge in [-0.2, -0.15) is 4.98 Å². The summed E-state index contributed by atoms with van der Waals surface area (Å²) < 4.78 is 6.63. The van der Waals surface area contributed by atoms with E-state index in [4.69, 9.17) is 9.52 Å². The van der Waals surface area contributed by atoms with E-state index in [1.54, 1.807) is 0 Å². The van der Waals surface area contributed by atoms with Crippen LogP contribution in [-0.4, -0.2) is 35.3 Å². The molecule has 0 aliphatic carbocycles. The highest BCUT2D eigenvalue weighted by Crippen LogP contribution is 2.26. The summed E-state index contributed by atoms with van der Waals surface area (Å²) in [6.07, 6.45) is -0.234. The van der Waals surface area contributed by atoms with Crippen LogP contribution >= 0.6 is 15.9 Å². The van der Waals surface area contributed by atoms with Gasteiger partial charge in [0.1, 0.15) is 5.52 Å². The van der Waals surface area contributed by atoms with Gasteiger partial charge in [-0.15, -0.1) is 0 Å². The van der Waals surface area contributed by atoms with E-state index in [9.17, 15) is 4.79 Å².